The Hall–Kier alpha value is -1.23. The average molecular weight is 273 g/mol. The first-order valence-corrected chi connectivity index (χ1v) is 7.30. The van der Waals surface area contributed by atoms with Gasteiger partial charge in [-0.25, -0.2) is 9.78 Å². The van der Waals surface area contributed by atoms with Gasteiger partial charge in [0, 0.05) is 6.20 Å². The molecule has 0 saturated heterocycles. The first kappa shape index (κ1) is 14.8. The van der Waals surface area contributed by atoms with Gasteiger partial charge in [0.2, 0.25) is 0 Å². The minimum Gasteiger partial charge on any atom is -0.477 e. The highest BCUT2D eigenvalue weighted by atomic mass is 31.2. The fourth-order valence-electron chi connectivity index (χ4n) is 1.39. The van der Waals surface area contributed by atoms with Crippen molar-refractivity contribution < 1.29 is 23.5 Å². The van der Waals surface area contributed by atoms with Crippen molar-refractivity contribution in [3.05, 3.63) is 29.6 Å². The number of pyridine rings is 1. The summed E-state index contributed by atoms with van der Waals surface area (Å²) in [5.41, 5.74) is 0.562. The molecule has 1 aromatic rings. The van der Waals surface area contributed by atoms with Crippen molar-refractivity contribution >= 4 is 13.6 Å². The number of carboxylic acid groups (broad SMARTS) is 1. The largest absolute Gasteiger partial charge is 0.477 e. The third-order valence-electron chi connectivity index (χ3n) is 2.07. The van der Waals surface area contributed by atoms with Crippen LogP contribution in [-0.2, 0) is 19.8 Å². The summed E-state index contributed by atoms with van der Waals surface area (Å²) in [7, 11) is -3.17. The van der Waals surface area contributed by atoms with E-state index in [4.69, 9.17) is 14.2 Å². The number of hydrogen-bond acceptors (Lipinski definition) is 5. The summed E-state index contributed by atoms with van der Waals surface area (Å²) in [5, 5.41) is 8.71. The van der Waals surface area contributed by atoms with E-state index in [1.54, 1.807) is 19.9 Å². The SMILES string of the molecule is CCOP(=O)(Cc1ccc(C(=O)O)nc1)OCC. The van der Waals surface area contributed by atoms with Crippen LogP contribution in [0.15, 0.2) is 18.3 Å². The van der Waals surface area contributed by atoms with Crippen LogP contribution < -0.4 is 0 Å². The van der Waals surface area contributed by atoms with Crippen LogP contribution in [0.3, 0.4) is 0 Å². The molecule has 0 unspecified atom stereocenters. The molecule has 0 aliphatic heterocycles. The molecule has 0 radical (unpaired) electrons. The van der Waals surface area contributed by atoms with Crippen LogP contribution in [0.2, 0.25) is 0 Å². The average Bonchev–Trinajstić information content (AvgIpc) is 2.30. The normalized spacial score (nSPS) is 11.4. The summed E-state index contributed by atoms with van der Waals surface area (Å²) >= 11 is 0. The quantitative estimate of drug-likeness (QED) is 0.768. The standard InChI is InChI=1S/C11H16NO5P/c1-3-16-18(15,17-4-2)8-9-5-6-10(11(13)14)12-7-9/h5-7H,3-4,8H2,1-2H3,(H,13,14). The van der Waals surface area contributed by atoms with Crippen molar-refractivity contribution in [1.82, 2.24) is 4.98 Å². The molecule has 0 aliphatic rings. The van der Waals surface area contributed by atoms with Crippen LogP contribution >= 0.6 is 7.60 Å². The predicted molar refractivity (Wildman–Crippen MR) is 65.8 cm³/mol. The lowest BCUT2D eigenvalue weighted by Crippen LogP contribution is -2.02. The summed E-state index contributed by atoms with van der Waals surface area (Å²) in [5.74, 6) is -1.10. The van der Waals surface area contributed by atoms with Gasteiger partial charge in [-0.3, -0.25) is 4.57 Å². The fourth-order valence-corrected chi connectivity index (χ4v) is 3.07. The molecule has 0 saturated carbocycles. The highest BCUT2D eigenvalue weighted by Gasteiger charge is 2.24. The maximum absolute atomic E-state index is 12.2. The highest BCUT2D eigenvalue weighted by molar-refractivity contribution is 7.53. The van der Waals surface area contributed by atoms with Gasteiger partial charge in [0.05, 0.1) is 19.4 Å². The van der Waals surface area contributed by atoms with E-state index in [1.807, 2.05) is 0 Å². The van der Waals surface area contributed by atoms with E-state index >= 15 is 0 Å². The molecular formula is C11H16NO5P. The van der Waals surface area contributed by atoms with Gasteiger partial charge in [0.1, 0.15) is 5.69 Å². The van der Waals surface area contributed by atoms with Crippen LogP contribution in [0.4, 0.5) is 0 Å². The number of nitrogens with zero attached hydrogens (tertiary/aromatic N) is 1. The number of hydrogen-bond donors (Lipinski definition) is 1. The van der Waals surface area contributed by atoms with E-state index in [2.05, 4.69) is 4.98 Å². The maximum atomic E-state index is 12.2. The molecule has 0 amide bonds. The second kappa shape index (κ2) is 6.64. The van der Waals surface area contributed by atoms with Crippen LogP contribution in [0.5, 0.6) is 0 Å². The Morgan fingerprint density at radius 1 is 1.33 bits per heavy atom. The Labute approximate surface area is 105 Å². The summed E-state index contributed by atoms with van der Waals surface area (Å²) in [4.78, 5) is 14.4. The van der Waals surface area contributed by atoms with Crippen molar-refractivity contribution in [2.24, 2.45) is 0 Å². The Morgan fingerprint density at radius 2 is 1.94 bits per heavy atom. The van der Waals surface area contributed by atoms with Gasteiger partial charge < -0.3 is 14.2 Å². The predicted octanol–water partition coefficient (Wildman–Crippen LogP) is 2.55. The zero-order valence-corrected chi connectivity index (χ0v) is 11.2. The third-order valence-corrected chi connectivity index (χ3v) is 4.13. The number of carboxylic acids is 1. The molecule has 18 heavy (non-hydrogen) atoms. The molecular weight excluding hydrogens is 257 g/mol. The molecule has 1 rings (SSSR count). The third kappa shape index (κ3) is 4.22. The second-order valence-corrected chi connectivity index (χ2v) is 5.52. The minimum atomic E-state index is -3.17. The van der Waals surface area contributed by atoms with Gasteiger partial charge in [0.15, 0.2) is 0 Å². The van der Waals surface area contributed by atoms with Crippen molar-refractivity contribution in [3.8, 4) is 0 Å². The number of aromatic nitrogens is 1. The molecule has 0 fully saturated rings. The van der Waals surface area contributed by atoms with E-state index in [1.165, 1.54) is 12.3 Å². The van der Waals surface area contributed by atoms with Gasteiger partial charge in [-0.2, -0.15) is 0 Å². The fraction of sp³-hybridized carbons (Fsp3) is 0.455. The van der Waals surface area contributed by atoms with Gasteiger partial charge in [0.25, 0.3) is 0 Å². The van der Waals surface area contributed by atoms with E-state index in [9.17, 15) is 9.36 Å². The zero-order chi connectivity index (χ0) is 13.6. The van der Waals surface area contributed by atoms with Gasteiger partial charge >= 0.3 is 13.6 Å². The van der Waals surface area contributed by atoms with Gasteiger partial charge in [-0.15, -0.1) is 0 Å². The van der Waals surface area contributed by atoms with Crippen molar-refractivity contribution in [3.63, 3.8) is 0 Å². The van der Waals surface area contributed by atoms with Gasteiger partial charge in [-0.1, -0.05) is 6.07 Å². The van der Waals surface area contributed by atoms with Crippen molar-refractivity contribution in [2.45, 2.75) is 20.0 Å². The monoisotopic (exact) mass is 273 g/mol. The maximum Gasteiger partial charge on any atom is 0.354 e. The van der Waals surface area contributed by atoms with Crippen molar-refractivity contribution in [1.29, 1.82) is 0 Å². The topological polar surface area (TPSA) is 85.7 Å². The van der Waals surface area contributed by atoms with E-state index in [0.717, 1.165) is 0 Å². The molecule has 0 atom stereocenters. The molecule has 7 heteroatoms. The number of aromatic carboxylic acids is 1. The molecule has 1 aromatic heterocycles. The molecule has 0 spiro atoms. The minimum absolute atomic E-state index is 0.0543. The Morgan fingerprint density at radius 3 is 2.33 bits per heavy atom. The molecule has 1 heterocycles. The molecule has 1 N–H and O–H groups in total. The first-order valence-electron chi connectivity index (χ1n) is 5.57. The Balaban J connectivity index is 2.81. The molecule has 0 aromatic carbocycles. The molecule has 100 valence electrons. The van der Waals surface area contributed by atoms with E-state index in [-0.39, 0.29) is 25.1 Å². The molecule has 6 nitrogen and oxygen atoms in total. The summed E-state index contributed by atoms with van der Waals surface area (Å²) < 4.78 is 22.5. The smallest absolute Gasteiger partial charge is 0.354 e. The van der Waals surface area contributed by atoms with Crippen molar-refractivity contribution in [2.75, 3.05) is 13.2 Å². The van der Waals surface area contributed by atoms with Gasteiger partial charge in [-0.05, 0) is 25.5 Å². The number of rotatable bonds is 7. The number of carbonyl (C=O) groups is 1. The van der Waals surface area contributed by atoms with E-state index < -0.39 is 13.6 Å². The lowest BCUT2D eigenvalue weighted by atomic mass is 10.3. The first-order chi connectivity index (χ1) is 8.50. The molecule has 0 bridgehead atoms. The summed E-state index contributed by atoms with van der Waals surface area (Å²) in [6.45, 7) is 4.05. The van der Waals surface area contributed by atoms with Crippen LogP contribution in [0.25, 0.3) is 0 Å². The summed E-state index contributed by atoms with van der Waals surface area (Å²) in [6, 6.07) is 2.92. The summed E-state index contributed by atoms with van der Waals surface area (Å²) in [6.07, 6.45) is 1.45. The lowest BCUT2D eigenvalue weighted by molar-refractivity contribution is 0.0690. The lowest BCUT2D eigenvalue weighted by Gasteiger charge is -2.16. The van der Waals surface area contributed by atoms with Crippen LogP contribution in [0, 0.1) is 0 Å². The molecule has 0 aliphatic carbocycles. The Kier molecular flexibility index (Phi) is 5.47. The highest BCUT2D eigenvalue weighted by Crippen LogP contribution is 2.51. The second-order valence-electron chi connectivity index (χ2n) is 3.46. The van der Waals surface area contributed by atoms with Crippen LogP contribution in [0.1, 0.15) is 29.9 Å². The zero-order valence-electron chi connectivity index (χ0n) is 10.3. The Bertz CT molecular complexity index is 435. The van der Waals surface area contributed by atoms with Crippen LogP contribution in [-0.4, -0.2) is 29.3 Å². The van der Waals surface area contributed by atoms with E-state index in [0.29, 0.717) is 5.56 Å².